The van der Waals surface area contributed by atoms with Gasteiger partial charge in [0.25, 0.3) is 11.7 Å². The molecule has 1 N–H and O–H groups in total. The zero-order valence-corrected chi connectivity index (χ0v) is 13.6. The van der Waals surface area contributed by atoms with Crippen LogP contribution in [0.2, 0.25) is 0 Å². The largest absolute Gasteiger partial charge is 0.483 e. The second-order valence-corrected chi connectivity index (χ2v) is 5.94. The summed E-state index contributed by atoms with van der Waals surface area (Å²) in [6, 6.07) is 12.0. The number of carbonyl (C=O) groups excluding carboxylic acids is 1. The standard InChI is InChI=1S/C17H17F2NO2S/c1-11-6-5-8-14(12(11)2)22-10-16(21)20-13-7-3-4-9-15(13)23-17(18)19/h3-9,17H,10H2,1-2H3,(H,20,21). The molecule has 0 aliphatic heterocycles. The highest BCUT2D eigenvalue weighted by Gasteiger charge is 2.12. The highest BCUT2D eigenvalue weighted by atomic mass is 32.2. The van der Waals surface area contributed by atoms with Crippen LogP contribution < -0.4 is 10.1 Å². The SMILES string of the molecule is Cc1cccc(OCC(=O)Nc2ccccc2SC(F)F)c1C. The number of nitrogens with one attached hydrogen (secondary N) is 1. The summed E-state index contributed by atoms with van der Waals surface area (Å²) in [6.07, 6.45) is 0. The second-order valence-electron chi connectivity index (χ2n) is 4.91. The molecule has 0 atom stereocenters. The third kappa shape index (κ3) is 4.96. The fraction of sp³-hybridized carbons (Fsp3) is 0.235. The normalized spacial score (nSPS) is 10.7. The number of anilines is 1. The van der Waals surface area contributed by atoms with Crippen LogP contribution in [0.5, 0.6) is 5.75 Å². The van der Waals surface area contributed by atoms with E-state index in [0.29, 0.717) is 28.1 Å². The van der Waals surface area contributed by atoms with E-state index >= 15 is 0 Å². The Kier molecular flexibility index (Phi) is 5.98. The van der Waals surface area contributed by atoms with Crippen LogP contribution >= 0.6 is 11.8 Å². The number of amides is 1. The molecule has 0 heterocycles. The van der Waals surface area contributed by atoms with Crippen molar-refractivity contribution in [2.24, 2.45) is 0 Å². The van der Waals surface area contributed by atoms with Crippen molar-refractivity contribution in [1.29, 1.82) is 0 Å². The van der Waals surface area contributed by atoms with Gasteiger partial charge in [-0.05, 0) is 43.2 Å². The van der Waals surface area contributed by atoms with Gasteiger partial charge in [-0.3, -0.25) is 4.79 Å². The average Bonchev–Trinajstić information content (AvgIpc) is 2.50. The Balaban J connectivity index is 1.99. The molecule has 0 aliphatic carbocycles. The van der Waals surface area contributed by atoms with Crippen molar-refractivity contribution in [3.63, 3.8) is 0 Å². The first-order chi connectivity index (χ1) is 11.0. The molecule has 2 rings (SSSR count). The molecule has 0 aliphatic rings. The molecule has 2 aromatic carbocycles. The van der Waals surface area contributed by atoms with Crippen LogP contribution in [0.15, 0.2) is 47.4 Å². The van der Waals surface area contributed by atoms with Crippen molar-refractivity contribution in [1.82, 2.24) is 0 Å². The number of carbonyl (C=O) groups is 1. The van der Waals surface area contributed by atoms with Crippen LogP contribution in [0.4, 0.5) is 14.5 Å². The summed E-state index contributed by atoms with van der Waals surface area (Å²) in [5.41, 5.74) is 2.39. The molecule has 122 valence electrons. The molecule has 0 unspecified atom stereocenters. The summed E-state index contributed by atoms with van der Waals surface area (Å²) in [6.45, 7) is 3.69. The molecule has 0 fully saturated rings. The van der Waals surface area contributed by atoms with Gasteiger partial charge in [-0.1, -0.05) is 36.0 Å². The lowest BCUT2D eigenvalue weighted by Crippen LogP contribution is -2.20. The van der Waals surface area contributed by atoms with Crippen molar-refractivity contribution in [3.8, 4) is 5.75 Å². The van der Waals surface area contributed by atoms with Gasteiger partial charge in [-0.25, -0.2) is 0 Å². The molecule has 0 radical (unpaired) electrons. The predicted molar refractivity (Wildman–Crippen MR) is 88.3 cm³/mol. The quantitative estimate of drug-likeness (QED) is 0.781. The first kappa shape index (κ1) is 17.3. The summed E-state index contributed by atoms with van der Waals surface area (Å²) in [5.74, 6) is -2.30. The number of halogens is 2. The summed E-state index contributed by atoms with van der Waals surface area (Å²) in [7, 11) is 0. The summed E-state index contributed by atoms with van der Waals surface area (Å²) < 4.78 is 30.5. The van der Waals surface area contributed by atoms with E-state index in [1.54, 1.807) is 24.3 Å². The second kappa shape index (κ2) is 7.97. The van der Waals surface area contributed by atoms with Gasteiger partial charge in [0, 0.05) is 4.90 Å². The number of ether oxygens (including phenoxy) is 1. The Labute approximate surface area is 138 Å². The van der Waals surface area contributed by atoms with Gasteiger partial charge in [-0.2, -0.15) is 8.78 Å². The van der Waals surface area contributed by atoms with E-state index in [1.807, 2.05) is 26.0 Å². The number of benzene rings is 2. The highest BCUT2D eigenvalue weighted by Crippen LogP contribution is 2.31. The third-order valence-corrected chi connectivity index (χ3v) is 4.08. The van der Waals surface area contributed by atoms with Crippen LogP contribution in [0, 0.1) is 13.8 Å². The summed E-state index contributed by atoms with van der Waals surface area (Å²) in [5, 5.41) is 2.60. The van der Waals surface area contributed by atoms with E-state index < -0.39 is 11.7 Å². The van der Waals surface area contributed by atoms with E-state index in [9.17, 15) is 13.6 Å². The number of hydrogen-bond donors (Lipinski definition) is 1. The van der Waals surface area contributed by atoms with Gasteiger partial charge in [0.15, 0.2) is 6.61 Å². The Morgan fingerprint density at radius 3 is 2.65 bits per heavy atom. The molecule has 3 nitrogen and oxygen atoms in total. The molecule has 23 heavy (non-hydrogen) atoms. The fourth-order valence-electron chi connectivity index (χ4n) is 1.98. The molecular weight excluding hydrogens is 320 g/mol. The van der Waals surface area contributed by atoms with Gasteiger partial charge in [0.05, 0.1) is 5.69 Å². The van der Waals surface area contributed by atoms with Crippen LogP contribution in [-0.4, -0.2) is 18.3 Å². The summed E-state index contributed by atoms with van der Waals surface area (Å²) in [4.78, 5) is 12.3. The van der Waals surface area contributed by atoms with E-state index in [2.05, 4.69) is 5.32 Å². The average molecular weight is 337 g/mol. The number of para-hydroxylation sites is 1. The molecule has 0 spiro atoms. The Bertz CT molecular complexity index is 692. The Morgan fingerprint density at radius 2 is 1.91 bits per heavy atom. The lowest BCUT2D eigenvalue weighted by molar-refractivity contribution is -0.118. The van der Waals surface area contributed by atoms with E-state index in [1.165, 1.54) is 6.07 Å². The summed E-state index contributed by atoms with van der Waals surface area (Å²) >= 11 is 0.397. The lowest BCUT2D eigenvalue weighted by atomic mass is 10.1. The number of alkyl halides is 2. The Hall–Kier alpha value is -2.08. The van der Waals surface area contributed by atoms with E-state index in [0.717, 1.165) is 11.1 Å². The Morgan fingerprint density at radius 1 is 1.17 bits per heavy atom. The number of thioether (sulfide) groups is 1. The van der Waals surface area contributed by atoms with E-state index in [4.69, 9.17) is 4.74 Å². The van der Waals surface area contributed by atoms with Gasteiger partial charge < -0.3 is 10.1 Å². The van der Waals surface area contributed by atoms with Crippen LogP contribution in [0.1, 0.15) is 11.1 Å². The molecule has 0 bridgehead atoms. The first-order valence-electron chi connectivity index (χ1n) is 7.00. The smallest absolute Gasteiger partial charge is 0.288 e. The highest BCUT2D eigenvalue weighted by molar-refractivity contribution is 7.99. The molecule has 1 amide bonds. The van der Waals surface area contributed by atoms with Crippen molar-refractivity contribution in [2.45, 2.75) is 24.5 Å². The lowest BCUT2D eigenvalue weighted by Gasteiger charge is -2.12. The van der Waals surface area contributed by atoms with Crippen molar-refractivity contribution < 1.29 is 18.3 Å². The van der Waals surface area contributed by atoms with Crippen molar-refractivity contribution in [2.75, 3.05) is 11.9 Å². The monoisotopic (exact) mass is 337 g/mol. The van der Waals surface area contributed by atoms with Gasteiger partial charge in [0.2, 0.25) is 0 Å². The minimum absolute atomic E-state index is 0.183. The van der Waals surface area contributed by atoms with Crippen LogP contribution in [0.25, 0.3) is 0 Å². The van der Waals surface area contributed by atoms with Crippen molar-refractivity contribution >= 4 is 23.4 Å². The third-order valence-electron chi connectivity index (χ3n) is 3.29. The minimum Gasteiger partial charge on any atom is -0.483 e. The molecule has 6 heteroatoms. The van der Waals surface area contributed by atoms with E-state index in [-0.39, 0.29) is 6.61 Å². The number of hydrogen-bond acceptors (Lipinski definition) is 3. The predicted octanol–water partition coefficient (Wildman–Crippen LogP) is 4.64. The van der Waals surface area contributed by atoms with Crippen LogP contribution in [0.3, 0.4) is 0 Å². The molecule has 0 saturated heterocycles. The topological polar surface area (TPSA) is 38.3 Å². The van der Waals surface area contributed by atoms with Gasteiger partial charge in [0.1, 0.15) is 5.75 Å². The molecule has 0 aromatic heterocycles. The van der Waals surface area contributed by atoms with Crippen LogP contribution in [-0.2, 0) is 4.79 Å². The molecular formula is C17H17F2NO2S. The maximum atomic E-state index is 12.5. The minimum atomic E-state index is -2.54. The van der Waals surface area contributed by atoms with Crippen molar-refractivity contribution in [3.05, 3.63) is 53.6 Å². The fourth-order valence-corrected chi connectivity index (χ4v) is 2.57. The molecule has 2 aromatic rings. The zero-order valence-electron chi connectivity index (χ0n) is 12.8. The van der Waals surface area contributed by atoms with Gasteiger partial charge in [-0.15, -0.1) is 0 Å². The maximum absolute atomic E-state index is 12.5. The maximum Gasteiger partial charge on any atom is 0.288 e. The molecule has 0 saturated carbocycles. The number of aryl methyl sites for hydroxylation is 1. The first-order valence-corrected chi connectivity index (χ1v) is 7.88. The van der Waals surface area contributed by atoms with Gasteiger partial charge >= 0.3 is 0 Å². The zero-order chi connectivity index (χ0) is 16.8. The number of rotatable bonds is 6.